The molecule has 24 heavy (non-hydrogen) atoms. The van der Waals surface area contributed by atoms with Crippen LogP contribution in [-0.4, -0.2) is 36.7 Å². The summed E-state index contributed by atoms with van der Waals surface area (Å²) in [5.41, 5.74) is 3.56. The Kier molecular flexibility index (Phi) is 6.28. The maximum absolute atomic E-state index is 9.44. The van der Waals surface area contributed by atoms with Crippen molar-refractivity contribution in [3.63, 3.8) is 0 Å². The highest BCUT2D eigenvalue weighted by Gasteiger charge is 2.18. The van der Waals surface area contributed by atoms with Crippen LogP contribution in [0.25, 0.3) is 0 Å². The summed E-state index contributed by atoms with van der Waals surface area (Å²) < 4.78 is 11.0. The van der Waals surface area contributed by atoms with E-state index in [4.69, 9.17) is 19.1 Å². The Morgan fingerprint density at radius 1 is 1.00 bits per heavy atom. The molecule has 2 aliphatic rings. The van der Waals surface area contributed by atoms with Gasteiger partial charge in [-0.15, -0.1) is 0 Å². The van der Waals surface area contributed by atoms with Gasteiger partial charge in [-0.2, -0.15) is 0 Å². The zero-order chi connectivity index (χ0) is 16.6. The van der Waals surface area contributed by atoms with E-state index in [0.717, 1.165) is 44.1 Å². The number of phenols is 1. The van der Waals surface area contributed by atoms with Gasteiger partial charge in [-0.25, -0.2) is 10.3 Å². The predicted molar refractivity (Wildman–Crippen MR) is 87.1 cm³/mol. The van der Waals surface area contributed by atoms with Crippen molar-refractivity contribution in [2.45, 2.75) is 51.1 Å². The van der Waals surface area contributed by atoms with Gasteiger partial charge in [0.25, 0.3) is 0 Å². The molecule has 7 nitrogen and oxygen atoms in total. The monoisotopic (exact) mass is 336 g/mol. The number of oxime groups is 1. The molecule has 2 N–H and O–H groups in total. The van der Waals surface area contributed by atoms with Crippen LogP contribution in [-0.2, 0) is 19.1 Å². The van der Waals surface area contributed by atoms with Crippen molar-refractivity contribution >= 4 is 5.84 Å². The Hall–Kier alpha value is -1.83. The molecule has 2 atom stereocenters. The van der Waals surface area contributed by atoms with Gasteiger partial charge in [0.15, 0.2) is 12.1 Å². The molecule has 2 aliphatic heterocycles. The lowest BCUT2D eigenvalue weighted by Crippen LogP contribution is -2.34. The molecule has 0 bridgehead atoms. The number of nitrogens with one attached hydrogen (secondary N) is 1. The van der Waals surface area contributed by atoms with Crippen molar-refractivity contribution in [1.82, 2.24) is 5.48 Å². The van der Waals surface area contributed by atoms with E-state index in [0.29, 0.717) is 19.0 Å². The van der Waals surface area contributed by atoms with Gasteiger partial charge in [-0.1, -0.05) is 5.16 Å². The first-order valence-corrected chi connectivity index (χ1v) is 8.49. The fourth-order valence-electron chi connectivity index (χ4n) is 2.58. The first-order chi connectivity index (χ1) is 11.8. The second kappa shape index (κ2) is 8.86. The Bertz CT molecular complexity index is 522. The smallest absolute Gasteiger partial charge is 0.226 e. The summed E-state index contributed by atoms with van der Waals surface area (Å²) in [7, 11) is 0. The third-order valence-corrected chi connectivity index (χ3v) is 3.97. The molecule has 1 aromatic carbocycles. The van der Waals surface area contributed by atoms with Crippen LogP contribution >= 0.6 is 0 Å². The van der Waals surface area contributed by atoms with E-state index < -0.39 is 0 Å². The lowest BCUT2D eigenvalue weighted by Gasteiger charge is -2.24. The zero-order valence-electron chi connectivity index (χ0n) is 13.6. The van der Waals surface area contributed by atoms with Crippen LogP contribution in [0, 0.1) is 0 Å². The van der Waals surface area contributed by atoms with E-state index in [-0.39, 0.29) is 18.3 Å². The topological polar surface area (TPSA) is 81.5 Å². The van der Waals surface area contributed by atoms with Crippen LogP contribution in [0.2, 0.25) is 0 Å². The zero-order valence-corrected chi connectivity index (χ0v) is 13.6. The minimum absolute atomic E-state index is 0.186. The molecule has 7 heteroatoms. The minimum atomic E-state index is -0.335. The molecule has 2 unspecified atom stereocenters. The molecule has 3 rings (SSSR count). The van der Waals surface area contributed by atoms with Gasteiger partial charge in [0.1, 0.15) is 5.75 Å². The van der Waals surface area contributed by atoms with Gasteiger partial charge in [-0.05, 0) is 49.9 Å². The summed E-state index contributed by atoms with van der Waals surface area (Å²) >= 11 is 0. The van der Waals surface area contributed by atoms with E-state index >= 15 is 0 Å². The van der Waals surface area contributed by atoms with Crippen LogP contribution in [0.1, 0.15) is 44.1 Å². The molecular formula is C17H24N2O5. The summed E-state index contributed by atoms with van der Waals surface area (Å²) in [5, 5.41) is 13.6. The minimum Gasteiger partial charge on any atom is -0.508 e. The summed E-state index contributed by atoms with van der Waals surface area (Å²) in [5.74, 6) is 0.601. The average molecular weight is 336 g/mol. The van der Waals surface area contributed by atoms with Gasteiger partial charge in [0.05, 0.1) is 6.61 Å². The van der Waals surface area contributed by atoms with E-state index in [1.807, 2.05) is 0 Å². The summed E-state index contributed by atoms with van der Waals surface area (Å²) in [6.07, 6.45) is 5.27. The second-order valence-electron chi connectivity index (χ2n) is 5.90. The molecule has 132 valence electrons. The molecule has 2 fully saturated rings. The van der Waals surface area contributed by atoms with Crippen molar-refractivity contribution in [2.24, 2.45) is 5.16 Å². The second-order valence-corrected chi connectivity index (χ2v) is 5.90. The molecule has 0 radical (unpaired) electrons. The molecule has 0 aromatic heterocycles. The highest BCUT2D eigenvalue weighted by atomic mass is 16.8. The lowest BCUT2D eigenvalue weighted by atomic mass is 10.2. The van der Waals surface area contributed by atoms with Gasteiger partial charge in [-0.3, -0.25) is 0 Å². The van der Waals surface area contributed by atoms with E-state index in [1.54, 1.807) is 24.3 Å². The third kappa shape index (κ3) is 5.09. The summed E-state index contributed by atoms with van der Waals surface area (Å²) in [6, 6.07) is 6.64. The molecule has 1 aromatic rings. The normalized spacial score (nSPS) is 25.2. The Labute approximate surface area is 141 Å². The SMILES string of the molecule is Oc1ccc(/C(=N\OC2CCCCO2)NOC2CCCCO2)cc1. The van der Waals surface area contributed by atoms with E-state index in [2.05, 4.69) is 10.6 Å². The highest BCUT2D eigenvalue weighted by molar-refractivity contribution is 5.97. The number of phenolic OH excluding ortho intramolecular Hbond substituents is 1. The van der Waals surface area contributed by atoms with Crippen molar-refractivity contribution in [3.05, 3.63) is 29.8 Å². The van der Waals surface area contributed by atoms with Crippen LogP contribution in [0.15, 0.2) is 29.4 Å². The Morgan fingerprint density at radius 2 is 1.67 bits per heavy atom. The number of benzene rings is 1. The van der Waals surface area contributed by atoms with Gasteiger partial charge in [0.2, 0.25) is 6.29 Å². The molecular weight excluding hydrogens is 312 g/mol. The Balaban J connectivity index is 1.63. The standard InChI is InChI=1S/C17H24N2O5/c20-14-9-7-13(8-10-14)17(18-23-15-5-1-3-11-21-15)19-24-16-6-2-4-12-22-16/h7-10,15-16,20H,1-6,11-12H2,(H,18,19). The molecule has 2 saturated heterocycles. The average Bonchev–Trinajstić information content (AvgIpc) is 2.64. The quantitative estimate of drug-likeness (QED) is 0.489. The van der Waals surface area contributed by atoms with Crippen LogP contribution < -0.4 is 5.48 Å². The van der Waals surface area contributed by atoms with Gasteiger partial charge < -0.3 is 19.4 Å². The molecule has 2 heterocycles. The van der Waals surface area contributed by atoms with E-state index in [9.17, 15) is 5.11 Å². The number of aromatic hydroxyl groups is 1. The van der Waals surface area contributed by atoms with Crippen LogP contribution in [0.4, 0.5) is 0 Å². The van der Waals surface area contributed by atoms with Gasteiger partial charge in [0, 0.05) is 25.0 Å². The van der Waals surface area contributed by atoms with Crippen LogP contribution in [0.5, 0.6) is 5.75 Å². The predicted octanol–water partition coefficient (Wildman–Crippen LogP) is 2.64. The first-order valence-electron chi connectivity index (χ1n) is 8.49. The number of ether oxygens (including phenoxy) is 2. The maximum Gasteiger partial charge on any atom is 0.226 e. The number of hydrogen-bond acceptors (Lipinski definition) is 6. The molecule has 0 saturated carbocycles. The maximum atomic E-state index is 9.44. The number of rotatable bonds is 5. The fourth-order valence-corrected chi connectivity index (χ4v) is 2.58. The fraction of sp³-hybridized carbons (Fsp3) is 0.588. The van der Waals surface area contributed by atoms with Crippen molar-refractivity contribution in [1.29, 1.82) is 0 Å². The first kappa shape index (κ1) is 17.0. The summed E-state index contributed by atoms with van der Waals surface area (Å²) in [4.78, 5) is 11.1. The van der Waals surface area contributed by atoms with Crippen molar-refractivity contribution in [2.75, 3.05) is 13.2 Å². The largest absolute Gasteiger partial charge is 0.508 e. The number of nitrogens with zero attached hydrogens (tertiary/aromatic N) is 1. The number of amidine groups is 1. The highest BCUT2D eigenvalue weighted by Crippen LogP contribution is 2.16. The number of hydrogen-bond donors (Lipinski definition) is 2. The van der Waals surface area contributed by atoms with Gasteiger partial charge >= 0.3 is 0 Å². The summed E-state index contributed by atoms with van der Waals surface area (Å²) in [6.45, 7) is 1.39. The third-order valence-electron chi connectivity index (χ3n) is 3.97. The lowest BCUT2D eigenvalue weighted by molar-refractivity contribution is -0.185. The molecule has 0 aliphatic carbocycles. The van der Waals surface area contributed by atoms with Crippen molar-refractivity contribution in [3.8, 4) is 5.75 Å². The number of hydroxylamine groups is 1. The van der Waals surface area contributed by atoms with E-state index in [1.165, 1.54) is 0 Å². The van der Waals surface area contributed by atoms with Crippen LogP contribution in [0.3, 0.4) is 0 Å². The molecule has 0 amide bonds. The molecule has 0 spiro atoms. The Morgan fingerprint density at radius 3 is 2.29 bits per heavy atom. The van der Waals surface area contributed by atoms with Crippen molar-refractivity contribution < 1.29 is 24.3 Å².